The van der Waals surface area contributed by atoms with Gasteiger partial charge in [0.15, 0.2) is 23.0 Å². The number of hydrogen-bond donors (Lipinski definition) is 2. The molecule has 27 heavy (non-hydrogen) atoms. The number of anilines is 1. The molecule has 0 unspecified atom stereocenters. The molecule has 0 atom stereocenters. The van der Waals surface area contributed by atoms with Gasteiger partial charge in [-0.05, 0) is 24.3 Å². The minimum atomic E-state index is -0.533. The molecular weight excluding hydrogens is 354 g/mol. The van der Waals surface area contributed by atoms with Gasteiger partial charge in [-0.1, -0.05) is 5.16 Å². The number of aromatic nitrogens is 1. The van der Waals surface area contributed by atoms with E-state index in [4.69, 9.17) is 18.4 Å². The highest BCUT2D eigenvalue weighted by Crippen LogP contribution is 2.32. The summed E-state index contributed by atoms with van der Waals surface area (Å²) < 4.78 is 21.1. The number of benzene rings is 1. The maximum Gasteiger partial charge on any atom is 0.273 e. The lowest BCUT2D eigenvalue weighted by Gasteiger charge is -2.19. The molecule has 0 fully saturated rings. The molecule has 138 valence electrons. The van der Waals surface area contributed by atoms with Crippen LogP contribution >= 0.6 is 0 Å². The maximum absolute atomic E-state index is 12.1. The number of carbonyl (C=O) groups is 2. The number of ether oxygens (including phenoxy) is 2. The van der Waals surface area contributed by atoms with Gasteiger partial charge in [0.05, 0.1) is 12.8 Å². The lowest BCUT2D eigenvalue weighted by Crippen LogP contribution is -2.33. The third kappa shape index (κ3) is 3.76. The number of fused-ring (bicyclic) bond motifs is 1. The highest BCUT2D eigenvalue weighted by Gasteiger charge is 2.17. The first-order valence-electron chi connectivity index (χ1n) is 8.17. The number of nitrogens with zero attached hydrogens (tertiary/aromatic N) is 1. The van der Waals surface area contributed by atoms with Crippen molar-refractivity contribution in [1.82, 2.24) is 10.5 Å². The Morgan fingerprint density at radius 1 is 1.04 bits per heavy atom. The van der Waals surface area contributed by atoms with Crippen LogP contribution in [0.25, 0.3) is 11.5 Å². The van der Waals surface area contributed by atoms with Crippen molar-refractivity contribution in [3.8, 4) is 23.0 Å². The van der Waals surface area contributed by atoms with E-state index < -0.39 is 11.8 Å². The topological polar surface area (TPSA) is 116 Å². The first-order chi connectivity index (χ1) is 13.2. The zero-order chi connectivity index (χ0) is 18.6. The Morgan fingerprint density at radius 3 is 2.70 bits per heavy atom. The van der Waals surface area contributed by atoms with Crippen molar-refractivity contribution < 1.29 is 28.0 Å². The maximum atomic E-state index is 12.1. The summed E-state index contributed by atoms with van der Waals surface area (Å²) in [5.41, 5.74) is 0.591. The lowest BCUT2D eigenvalue weighted by atomic mass is 10.2. The predicted molar refractivity (Wildman–Crippen MR) is 92.6 cm³/mol. The number of carbonyl (C=O) groups excluding carboxylic acids is 2. The monoisotopic (exact) mass is 369 g/mol. The van der Waals surface area contributed by atoms with Crippen LogP contribution in [0.3, 0.4) is 0 Å². The third-order valence-electron chi connectivity index (χ3n) is 3.74. The highest BCUT2D eigenvalue weighted by molar-refractivity contribution is 5.98. The van der Waals surface area contributed by atoms with Gasteiger partial charge in [0.25, 0.3) is 5.91 Å². The molecule has 1 aliphatic heterocycles. The van der Waals surface area contributed by atoms with Gasteiger partial charge in [0.2, 0.25) is 11.7 Å². The molecule has 2 N–H and O–H groups in total. The van der Waals surface area contributed by atoms with Crippen molar-refractivity contribution in [3.05, 3.63) is 48.4 Å². The molecule has 2 aromatic heterocycles. The molecule has 2 amide bonds. The Hall–Kier alpha value is -3.75. The van der Waals surface area contributed by atoms with Gasteiger partial charge in [-0.15, -0.1) is 0 Å². The normalized spacial score (nSPS) is 12.4. The van der Waals surface area contributed by atoms with E-state index in [1.54, 1.807) is 30.3 Å². The summed E-state index contributed by atoms with van der Waals surface area (Å²) in [5, 5.41) is 8.83. The number of nitrogens with one attached hydrogen (secondary N) is 2. The van der Waals surface area contributed by atoms with E-state index in [9.17, 15) is 9.59 Å². The van der Waals surface area contributed by atoms with E-state index in [0.717, 1.165) is 0 Å². The van der Waals surface area contributed by atoms with Gasteiger partial charge in [-0.2, -0.15) is 0 Å². The van der Waals surface area contributed by atoms with Crippen molar-refractivity contribution in [2.45, 2.75) is 0 Å². The van der Waals surface area contributed by atoms with Gasteiger partial charge in [-0.25, -0.2) is 0 Å². The van der Waals surface area contributed by atoms with Crippen LogP contribution in [0.4, 0.5) is 5.69 Å². The third-order valence-corrected chi connectivity index (χ3v) is 3.74. The summed E-state index contributed by atoms with van der Waals surface area (Å²) in [6.07, 6.45) is 1.49. The molecule has 0 spiro atoms. The first-order valence-corrected chi connectivity index (χ1v) is 8.17. The molecule has 3 aromatic rings. The van der Waals surface area contributed by atoms with Crippen molar-refractivity contribution in [2.75, 3.05) is 25.1 Å². The second kappa shape index (κ2) is 7.24. The SMILES string of the molecule is O=C(CNC(=O)c1cc(-c2ccco2)on1)Nc1ccc2c(c1)OCCO2. The Bertz CT molecular complexity index is 963. The van der Waals surface area contributed by atoms with Crippen LogP contribution in [-0.2, 0) is 4.79 Å². The molecule has 0 radical (unpaired) electrons. The predicted octanol–water partition coefficient (Wildman–Crippen LogP) is 2.07. The summed E-state index contributed by atoms with van der Waals surface area (Å²) in [4.78, 5) is 24.1. The van der Waals surface area contributed by atoms with E-state index in [1.165, 1.54) is 12.3 Å². The zero-order valence-corrected chi connectivity index (χ0v) is 14.1. The summed E-state index contributed by atoms with van der Waals surface area (Å²) >= 11 is 0. The van der Waals surface area contributed by atoms with E-state index in [-0.39, 0.29) is 12.2 Å². The fraction of sp³-hybridized carbons (Fsp3) is 0.167. The van der Waals surface area contributed by atoms with Crippen LogP contribution in [-0.4, -0.2) is 36.7 Å². The summed E-state index contributed by atoms with van der Waals surface area (Å²) in [6, 6.07) is 9.89. The summed E-state index contributed by atoms with van der Waals surface area (Å²) in [7, 11) is 0. The van der Waals surface area contributed by atoms with Crippen LogP contribution in [0, 0.1) is 0 Å². The number of furan rings is 1. The fourth-order valence-corrected chi connectivity index (χ4v) is 2.49. The molecule has 1 aliphatic rings. The molecular formula is C18H15N3O6. The van der Waals surface area contributed by atoms with Crippen LogP contribution in [0.15, 0.2) is 51.6 Å². The van der Waals surface area contributed by atoms with E-state index >= 15 is 0 Å². The molecule has 0 saturated heterocycles. The van der Waals surface area contributed by atoms with Crippen molar-refractivity contribution in [3.63, 3.8) is 0 Å². The smallest absolute Gasteiger partial charge is 0.273 e. The van der Waals surface area contributed by atoms with Crippen LogP contribution in [0.5, 0.6) is 11.5 Å². The van der Waals surface area contributed by atoms with Crippen LogP contribution in [0.2, 0.25) is 0 Å². The number of amides is 2. The van der Waals surface area contributed by atoms with Gasteiger partial charge in [-0.3, -0.25) is 9.59 Å². The van der Waals surface area contributed by atoms with E-state index in [2.05, 4.69) is 15.8 Å². The van der Waals surface area contributed by atoms with Gasteiger partial charge in [0.1, 0.15) is 13.2 Å². The summed E-state index contributed by atoms with van der Waals surface area (Å²) in [6.45, 7) is 0.725. The molecule has 9 nitrogen and oxygen atoms in total. The van der Waals surface area contributed by atoms with Crippen molar-refractivity contribution in [2.24, 2.45) is 0 Å². The summed E-state index contributed by atoms with van der Waals surface area (Å²) in [5.74, 6) is 1.05. The second-order valence-electron chi connectivity index (χ2n) is 5.64. The average Bonchev–Trinajstić information content (AvgIpc) is 3.37. The Labute approximate surface area is 153 Å². The quantitative estimate of drug-likeness (QED) is 0.707. The van der Waals surface area contributed by atoms with Crippen molar-refractivity contribution >= 4 is 17.5 Å². The first kappa shape index (κ1) is 16.7. The molecule has 0 bridgehead atoms. The van der Waals surface area contributed by atoms with Crippen LogP contribution in [0.1, 0.15) is 10.5 Å². The van der Waals surface area contributed by atoms with Crippen LogP contribution < -0.4 is 20.1 Å². The van der Waals surface area contributed by atoms with Gasteiger partial charge < -0.3 is 29.0 Å². The Morgan fingerprint density at radius 2 is 1.89 bits per heavy atom. The Balaban J connectivity index is 1.32. The molecule has 3 heterocycles. The van der Waals surface area contributed by atoms with E-state index in [0.29, 0.717) is 41.9 Å². The number of rotatable bonds is 5. The van der Waals surface area contributed by atoms with E-state index in [1.807, 2.05) is 0 Å². The minimum absolute atomic E-state index is 0.0496. The molecule has 1 aromatic carbocycles. The second-order valence-corrected chi connectivity index (χ2v) is 5.64. The zero-order valence-electron chi connectivity index (χ0n) is 14.1. The molecule has 4 rings (SSSR count). The standard InChI is InChI=1S/C18H15N3O6/c22-17(20-11-3-4-14-15(8-11)26-7-6-25-14)10-19-18(23)12-9-16(27-21-12)13-2-1-5-24-13/h1-5,8-9H,6-7,10H2,(H,19,23)(H,20,22). The lowest BCUT2D eigenvalue weighted by molar-refractivity contribution is -0.115. The molecule has 0 saturated carbocycles. The Kier molecular flexibility index (Phi) is 4.48. The van der Waals surface area contributed by atoms with Gasteiger partial charge in [0, 0.05) is 17.8 Å². The van der Waals surface area contributed by atoms with Gasteiger partial charge >= 0.3 is 0 Å². The largest absolute Gasteiger partial charge is 0.486 e. The van der Waals surface area contributed by atoms with Crippen molar-refractivity contribution in [1.29, 1.82) is 0 Å². The minimum Gasteiger partial charge on any atom is -0.486 e. The molecule has 0 aliphatic carbocycles. The fourth-order valence-electron chi connectivity index (χ4n) is 2.49. The highest BCUT2D eigenvalue weighted by atomic mass is 16.6. The average molecular weight is 369 g/mol. The number of hydrogen-bond acceptors (Lipinski definition) is 7. The molecule has 9 heteroatoms.